The van der Waals surface area contributed by atoms with Gasteiger partial charge < -0.3 is 10.2 Å². The van der Waals surface area contributed by atoms with Crippen LogP contribution < -0.4 is 20.0 Å². The number of nitrogens with one attached hydrogen (secondary N) is 1. The normalized spacial score (nSPS) is 13.8. The summed E-state index contributed by atoms with van der Waals surface area (Å²) in [5, 5.41) is 2.88. The summed E-state index contributed by atoms with van der Waals surface area (Å²) < 4.78 is 41.3. The molecule has 1 N–H and O–H groups in total. The Morgan fingerprint density at radius 2 is 1.52 bits per heavy atom. The Bertz CT molecular complexity index is 1430. The molecule has 5 amide bonds. The third kappa shape index (κ3) is 6.41. The third-order valence-corrected chi connectivity index (χ3v) is 7.04. The van der Waals surface area contributed by atoms with Crippen molar-refractivity contribution in [1.82, 2.24) is 10.2 Å². The number of imide groups is 1. The number of halogens is 3. The van der Waals surface area contributed by atoms with Crippen molar-refractivity contribution in [2.75, 3.05) is 47.4 Å². The molecule has 11 heteroatoms. The summed E-state index contributed by atoms with van der Waals surface area (Å²) in [6.07, 6.45) is -3.67. The first-order valence-corrected chi connectivity index (χ1v) is 13.9. The molecule has 0 aliphatic carbocycles. The maximum absolute atomic E-state index is 14.2. The van der Waals surface area contributed by atoms with Gasteiger partial charge in [0.1, 0.15) is 0 Å². The molecule has 8 nitrogen and oxygen atoms in total. The molecule has 0 fully saturated rings. The first kappa shape index (κ1) is 30.6. The fraction of sp³-hybridized carbons (Fsp3) is 0.323. The highest BCUT2D eigenvalue weighted by molar-refractivity contribution is 6.28. The number of likely N-dealkylation sites (N-methyl/N-ethyl adjacent to an activating group) is 1. The van der Waals surface area contributed by atoms with Gasteiger partial charge in [-0.3, -0.25) is 14.6 Å². The minimum atomic E-state index is -4.67. The molecule has 3 aromatic rings. The number of hydrogen-bond acceptors (Lipinski definition) is 4. The number of hydrogen-bond donors (Lipinski definition) is 1. The van der Waals surface area contributed by atoms with Crippen LogP contribution in [0.1, 0.15) is 43.1 Å². The zero-order valence-corrected chi connectivity index (χ0v) is 23.8. The number of carbonyl (C=O) groups is 3. The lowest BCUT2D eigenvalue weighted by atomic mass is 10.1. The van der Waals surface area contributed by atoms with Crippen molar-refractivity contribution in [3.63, 3.8) is 0 Å². The van der Waals surface area contributed by atoms with E-state index in [0.29, 0.717) is 13.1 Å². The van der Waals surface area contributed by atoms with Crippen LogP contribution in [0.15, 0.2) is 72.8 Å². The van der Waals surface area contributed by atoms with Gasteiger partial charge in [-0.1, -0.05) is 38.1 Å². The van der Waals surface area contributed by atoms with E-state index in [2.05, 4.69) is 24.1 Å². The van der Waals surface area contributed by atoms with Crippen molar-refractivity contribution in [3.05, 3.63) is 83.9 Å². The molecule has 0 bridgehead atoms. The average Bonchev–Trinajstić information content (AvgIpc) is 3.07. The van der Waals surface area contributed by atoms with Gasteiger partial charge in [0.2, 0.25) is 0 Å². The lowest BCUT2D eigenvalue weighted by Gasteiger charge is -2.27. The standard InChI is InChI=1S/C31H34F3N5O3/c1-4-18-36(5-2)19-17-35-28(40)22-11-10-14-25(20-22)39-29(41)37(6-3)26-16-15-23(31(32,33)34)21-27(26)38(30(39)42)24-12-8-7-9-13-24/h7-16,20-21H,4-6,17-19H2,1-3H3,(H,35,40). The van der Waals surface area contributed by atoms with E-state index in [4.69, 9.17) is 0 Å². The average molecular weight is 582 g/mol. The van der Waals surface area contributed by atoms with Crippen molar-refractivity contribution >= 4 is 40.7 Å². The van der Waals surface area contributed by atoms with Gasteiger partial charge in [0.15, 0.2) is 0 Å². The Morgan fingerprint density at radius 1 is 0.810 bits per heavy atom. The smallest absolute Gasteiger partial charge is 0.351 e. The van der Waals surface area contributed by atoms with Crippen LogP contribution in [0.2, 0.25) is 0 Å². The molecule has 0 saturated carbocycles. The first-order valence-electron chi connectivity index (χ1n) is 13.9. The molecule has 4 rings (SSSR count). The Labute approximate surface area is 243 Å². The summed E-state index contributed by atoms with van der Waals surface area (Å²) >= 11 is 0. The molecule has 1 aliphatic rings. The molecule has 1 aliphatic heterocycles. The SMILES string of the molecule is CCCN(CC)CCNC(=O)c1cccc(N2C(=O)N(CC)c3ccc(C(F)(F)F)cc3N(c3ccccc3)C2=O)c1. The molecule has 42 heavy (non-hydrogen) atoms. The van der Waals surface area contributed by atoms with Crippen LogP contribution >= 0.6 is 0 Å². The maximum atomic E-state index is 14.2. The van der Waals surface area contributed by atoms with Crippen LogP contribution in [0.25, 0.3) is 0 Å². The third-order valence-electron chi connectivity index (χ3n) is 7.04. The monoisotopic (exact) mass is 581 g/mol. The Kier molecular flexibility index (Phi) is 9.52. The van der Waals surface area contributed by atoms with Crippen molar-refractivity contribution < 1.29 is 27.6 Å². The number of amides is 5. The largest absolute Gasteiger partial charge is 0.416 e. The number of rotatable bonds is 10. The predicted molar refractivity (Wildman–Crippen MR) is 157 cm³/mol. The lowest BCUT2D eigenvalue weighted by molar-refractivity contribution is -0.137. The molecule has 222 valence electrons. The van der Waals surface area contributed by atoms with Crippen LogP contribution in [0, 0.1) is 0 Å². The van der Waals surface area contributed by atoms with Gasteiger partial charge in [-0.25, -0.2) is 14.5 Å². The predicted octanol–water partition coefficient (Wildman–Crippen LogP) is 6.89. The number of alkyl halides is 3. The number of carbonyl (C=O) groups excluding carboxylic acids is 3. The number of para-hydroxylation sites is 1. The Morgan fingerprint density at radius 3 is 2.17 bits per heavy atom. The van der Waals surface area contributed by atoms with Crippen molar-refractivity contribution in [3.8, 4) is 0 Å². The summed E-state index contributed by atoms with van der Waals surface area (Å²) in [5.41, 5.74) is -0.257. The number of benzene rings is 3. The van der Waals surface area contributed by atoms with Crippen molar-refractivity contribution in [1.29, 1.82) is 0 Å². The first-order chi connectivity index (χ1) is 20.1. The van der Waals surface area contributed by atoms with E-state index in [0.717, 1.165) is 41.4 Å². The molecule has 3 aromatic carbocycles. The number of nitrogens with zero attached hydrogens (tertiary/aromatic N) is 4. The van der Waals surface area contributed by atoms with Gasteiger partial charge in [0.05, 0.1) is 28.3 Å². The minimum Gasteiger partial charge on any atom is -0.351 e. The van der Waals surface area contributed by atoms with E-state index < -0.39 is 23.8 Å². The molecule has 0 atom stereocenters. The second-order valence-electron chi connectivity index (χ2n) is 9.76. The highest BCUT2D eigenvalue weighted by Crippen LogP contribution is 2.43. The fourth-order valence-corrected chi connectivity index (χ4v) is 4.93. The summed E-state index contributed by atoms with van der Waals surface area (Å²) in [5.74, 6) is -0.371. The molecule has 1 heterocycles. The summed E-state index contributed by atoms with van der Waals surface area (Å²) in [6, 6.07) is 15.6. The van der Waals surface area contributed by atoms with Crippen LogP contribution in [0.5, 0.6) is 0 Å². The molecular weight excluding hydrogens is 547 g/mol. The fourth-order valence-electron chi connectivity index (χ4n) is 4.93. The van der Waals surface area contributed by atoms with E-state index >= 15 is 0 Å². The van der Waals surface area contributed by atoms with E-state index in [1.165, 1.54) is 23.1 Å². The second-order valence-corrected chi connectivity index (χ2v) is 9.76. The highest BCUT2D eigenvalue weighted by atomic mass is 19.4. The number of fused-ring (bicyclic) bond motifs is 1. The van der Waals surface area contributed by atoms with Gasteiger partial charge >= 0.3 is 18.2 Å². The quantitative estimate of drug-likeness (QED) is 0.283. The van der Waals surface area contributed by atoms with E-state index in [-0.39, 0.29) is 40.8 Å². The van der Waals surface area contributed by atoms with Crippen LogP contribution in [-0.2, 0) is 6.18 Å². The second kappa shape index (κ2) is 13.1. The number of anilines is 4. The van der Waals surface area contributed by atoms with Gasteiger partial charge in [0.25, 0.3) is 5.91 Å². The topological polar surface area (TPSA) is 76.2 Å². The molecule has 0 radical (unpaired) electrons. The summed E-state index contributed by atoms with van der Waals surface area (Å²) in [6.45, 7) is 8.75. The summed E-state index contributed by atoms with van der Waals surface area (Å²) in [4.78, 5) is 46.5. The van der Waals surface area contributed by atoms with Gasteiger partial charge in [-0.2, -0.15) is 13.2 Å². The molecule has 0 saturated heterocycles. The molecule has 0 spiro atoms. The van der Waals surface area contributed by atoms with Gasteiger partial charge in [-0.05, 0) is 75.0 Å². The van der Waals surface area contributed by atoms with Crippen molar-refractivity contribution in [2.24, 2.45) is 0 Å². The van der Waals surface area contributed by atoms with Crippen molar-refractivity contribution in [2.45, 2.75) is 33.4 Å². The van der Waals surface area contributed by atoms with Crippen LogP contribution in [-0.4, -0.2) is 55.6 Å². The minimum absolute atomic E-state index is 0.0788. The zero-order valence-electron chi connectivity index (χ0n) is 23.8. The Balaban J connectivity index is 1.75. The van der Waals surface area contributed by atoms with E-state index in [9.17, 15) is 27.6 Å². The zero-order chi connectivity index (χ0) is 30.4. The highest BCUT2D eigenvalue weighted by Gasteiger charge is 2.41. The molecular formula is C31H34F3N5O3. The lowest BCUT2D eigenvalue weighted by Crippen LogP contribution is -2.48. The van der Waals surface area contributed by atoms with Gasteiger partial charge in [-0.15, -0.1) is 0 Å². The van der Waals surface area contributed by atoms with E-state index in [1.54, 1.807) is 49.4 Å². The molecule has 0 aromatic heterocycles. The van der Waals surface area contributed by atoms with Crippen LogP contribution in [0.4, 0.5) is 45.5 Å². The van der Waals surface area contributed by atoms with Crippen LogP contribution in [0.3, 0.4) is 0 Å². The summed E-state index contributed by atoms with van der Waals surface area (Å²) in [7, 11) is 0. The van der Waals surface area contributed by atoms with Gasteiger partial charge in [0, 0.05) is 25.2 Å². The molecule has 0 unspecified atom stereocenters. The van der Waals surface area contributed by atoms with E-state index in [1.807, 2.05) is 0 Å². The Hall–Kier alpha value is -4.38. The maximum Gasteiger partial charge on any atom is 0.416 e. The number of urea groups is 2.